The number of imide groups is 1. The molecule has 0 aromatic carbocycles. The minimum atomic E-state index is -0.316. The highest BCUT2D eigenvalue weighted by atomic mass is 35.5. The van der Waals surface area contributed by atoms with Crippen LogP contribution in [0.25, 0.3) is 0 Å². The predicted molar refractivity (Wildman–Crippen MR) is 40.6 cm³/mol. The molecule has 0 radical (unpaired) electrons. The lowest BCUT2D eigenvalue weighted by Gasteiger charge is -2.02. The Morgan fingerprint density at radius 2 is 2.36 bits per heavy atom. The summed E-state index contributed by atoms with van der Waals surface area (Å²) >= 11 is 5.34. The van der Waals surface area contributed by atoms with E-state index < -0.39 is 0 Å². The van der Waals surface area contributed by atoms with Crippen molar-refractivity contribution in [2.45, 2.75) is 12.8 Å². The Labute approximate surface area is 69.7 Å². The molecule has 0 N–H and O–H groups in total. The number of halogens is 1. The van der Waals surface area contributed by atoms with Crippen molar-refractivity contribution < 1.29 is 9.59 Å². The number of carbonyl (C=O) groups is 2. The molecule has 1 heterocycles. The highest BCUT2D eigenvalue weighted by Crippen LogP contribution is 2.23. The molecule has 0 aliphatic carbocycles. The van der Waals surface area contributed by atoms with Crippen LogP contribution in [0.15, 0.2) is 12.7 Å². The monoisotopic (exact) mass is 173 g/mol. The second-order valence-corrected chi connectivity index (χ2v) is 2.78. The number of carbonyl (C=O) groups excluding carboxylic acids is 2. The average molecular weight is 174 g/mol. The summed E-state index contributed by atoms with van der Waals surface area (Å²) < 4.78 is 0.661. The second kappa shape index (κ2) is 3.05. The smallest absolute Gasteiger partial charge is 0.247 e. The van der Waals surface area contributed by atoms with Crippen LogP contribution < -0.4 is 0 Å². The summed E-state index contributed by atoms with van der Waals surface area (Å²) in [6, 6.07) is 0. The molecule has 0 saturated carbocycles. The summed E-state index contributed by atoms with van der Waals surface area (Å²) in [5.74, 6) is -0.905. The number of hydrogen-bond donors (Lipinski definition) is 0. The summed E-state index contributed by atoms with van der Waals surface area (Å²) in [6.45, 7) is 3.48. The molecule has 11 heavy (non-hydrogen) atoms. The Bertz CT molecular complexity index is 214. The minimum absolute atomic E-state index is 0.217. The summed E-state index contributed by atoms with van der Waals surface area (Å²) in [6.07, 6.45) is 2.36. The van der Waals surface area contributed by atoms with E-state index in [0.29, 0.717) is 10.8 Å². The van der Waals surface area contributed by atoms with E-state index in [1.807, 2.05) is 0 Å². The van der Waals surface area contributed by atoms with Crippen LogP contribution in [-0.2, 0) is 9.59 Å². The first kappa shape index (κ1) is 8.27. The van der Waals surface area contributed by atoms with Crippen molar-refractivity contribution in [3.8, 4) is 0 Å². The zero-order valence-corrected chi connectivity index (χ0v) is 6.67. The standard InChI is InChI=1S/C7H8ClNO2/c1-2-3-5-4-6(10)9(8)7(5)11/h2,5H,1,3-4H2. The molecule has 1 unspecified atom stereocenters. The van der Waals surface area contributed by atoms with Gasteiger partial charge in [0.1, 0.15) is 0 Å². The van der Waals surface area contributed by atoms with Gasteiger partial charge in [0.15, 0.2) is 0 Å². The second-order valence-electron chi connectivity index (χ2n) is 2.44. The topological polar surface area (TPSA) is 37.4 Å². The fourth-order valence-electron chi connectivity index (χ4n) is 1.05. The van der Waals surface area contributed by atoms with Gasteiger partial charge in [0, 0.05) is 18.2 Å². The fourth-order valence-corrected chi connectivity index (χ4v) is 1.25. The van der Waals surface area contributed by atoms with Gasteiger partial charge in [-0.3, -0.25) is 9.59 Å². The van der Waals surface area contributed by atoms with Gasteiger partial charge in [-0.05, 0) is 6.42 Å². The van der Waals surface area contributed by atoms with E-state index >= 15 is 0 Å². The van der Waals surface area contributed by atoms with Crippen LogP contribution in [-0.4, -0.2) is 16.2 Å². The van der Waals surface area contributed by atoms with E-state index in [2.05, 4.69) is 6.58 Å². The fraction of sp³-hybridized carbons (Fsp3) is 0.429. The molecule has 0 bridgehead atoms. The molecular weight excluding hydrogens is 166 g/mol. The molecular formula is C7H8ClNO2. The van der Waals surface area contributed by atoms with Crippen LogP contribution >= 0.6 is 11.8 Å². The highest BCUT2D eigenvalue weighted by molar-refractivity contribution is 6.32. The van der Waals surface area contributed by atoms with Gasteiger partial charge in [0.25, 0.3) is 0 Å². The lowest BCUT2D eigenvalue weighted by Crippen LogP contribution is -2.20. The minimum Gasteiger partial charge on any atom is -0.273 e. The quantitative estimate of drug-likeness (QED) is 0.356. The van der Waals surface area contributed by atoms with Crippen LogP contribution in [0, 0.1) is 5.92 Å². The number of amides is 2. The van der Waals surface area contributed by atoms with Crippen molar-refractivity contribution in [2.75, 3.05) is 0 Å². The molecule has 0 aromatic rings. The molecule has 1 aliphatic heterocycles. The summed E-state index contributed by atoms with van der Waals surface area (Å²) in [7, 11) is 0. The van der Waals surface area contributed by atoms with E-state index in [-0.39, 0.29) is 24.2 Å². The molecule has 3 nitrogen and oxygen atoms in total. The third-order valence-electron chi connectivity index (χ3n) is 1.63. The van der Waals surface area contributed by atoms with Crippen molar-refractivity contribution in [3.05, 3.63) is 12.7 Å². The van der Waals surface area contributed by atoms with Gasteiger partial charge in [0.05, 0.1) is 5.92 Å². The van der Waals surface area contributed by atoms with E-state index in [1.165, 1.54) is 0 Å². The molecule has 1 saturated heterocycles. The molecule has 1 rings (SSSR count). The average Bonchev–Trinajstić information content (AvgIpc) is 2.19. The maximum Gasteiger partial charge on any atom is 0.247 e. The SMILES string of the molecule is C=CCC1CC(=O)N(Cl)C1=O. The normalized spacial score (nSPS) is 24.5. The van der Waals surface area contributed by atoms with Crippen LogP contribution in [0.2, 0.25) is 0 Å². The lowest BCUT2D eigenvalue weighted by molar-refractivity contribution is -0.133. The Kier molecular flexibility index (Phi) is 2.29. The number of nitrogens with zero attached hydrogens (tertiary/aromatic N) is 1. The highest BCUT2D eigenvalue weighted by Gasteiger charge is 2.36. The van der Waals surface area contributed by atoms with Gasteiger partial charge in [-0.2, -0.15) is 4.42 Å². The van der Waals surface area contributed by atoms with Gasteiger partial charge in [-0.15, -0.1) is 6.58 Å². The van der Waals surface area contributed by atoms with E-state index in [1.54, 1.807) is 6.08 Å². The van der Waals surface area contributed by atoms with Crippen molar-refractivity contribution in [3.63, 3.8) is 0 Å². The van der Waals surface area contributed by atoms with Gasteiger partial charge < -0.3 is 0 Å². The first-order valence-corrected chi connectivity index (χ1v) is 3.64. The van der Waals surface area contributed by atoms with E-state index in [9.17, 15) is 9.59 Å². The maximum absolute atomic E-state index is 11.0. The van der Waals surface area contributed by atoms with Crippen LogP contribution in [0.5, 0.6) is 0 Å². The van der Waals surface area contributed by atoms with E-state index in [4.69, 9.17) is 11.8 Å². The van der Waals surface area contributed by atoms with Crippen LogP contribution in [0.3, 0.4) is 0 Å². The van der Waals surface area contributed by atoms with Gasteiger partial charge in [0.2, 0.25) is 11.8 Å². The zero-order valence-electron chi connectivity index (χ0n) is 5.92. The third kappa shape index (κ3) is 1.43. The molecule has 1 aliphatic rings. The third-order valence-corrected chi connectivity index (χ3v) is 1.99. The Hall–Kier alpha value is -0.830. The van der Waals surface area contributed by atoms with Crippen LogP contribution in [0.1, 0.15) is 12.8 Å². The van der Waals surface area contributed by atoms with Crippen molar-refractivity contribution >= 4 is 23.6 Å². The molecule has 4 heteroatoms. The first-order chi connectivity index (χ1) is 5.16. The number of hydrogen-bond acceptors (Lipinski definition) is 2. The summed E-state index contributed by atoms with van der Waals surface area (Å²) in [5.41, 5.74) is 0. The molecule has 60 valence electrons. The molecule has 0 aromatic heterocycles. The van der Waals surface area contributed by atoms with Crippen molar-refractivity contribution in [2.24, 2.45) is 5.92 Å². The van der Waals surface area contributed by atoms with Gasteiger partial charge in [-0.25, -0.2) is 0 Å². The number of allylic oxidation sites excluding steroid dienone is 1. The maximum atomic E-state index is 11.0. The number of rotatable bonds is 2. The van der Waals surface area contributed by atoms with Gasteiger partial charge in [-0.1, -0.05) is 6.08 Å². The molecule has 2 amide bonds. The van der Waals surface area contributed by atoms with Crippen LogP contribution in [0.4, 0.5) is 0 Å². The summed E-state index contributed by atoms with van der Waals surface area (Å²) in [5, 5.41) is 0. The molecule has 1 fully saturated rings. The van der Waals surface area contributed by atoms with Gasteiger partial charge >= 0.3 is 0 Å². The Morgan fingerprint density at radius 3 is 2.73 bits per heavy atom. The molecule has 1 atom stereocenters. The lowest BCUT2D eigenvalue weighted by atomic mass is 10.0. The predicted octanol–water partition coefficient (Wildman–Crippen LogP) is 1.09. The Morgan fingerprint density at radius 1 is 1.73 bits per heavy atom. The Balaban J connectivity index is 2.66. The van der Waals surface area contributed by atoms with Crippen molar-refractivity contribution in [1.29, 1.82) is 0 Å². The zero-order chi connectivity index (χ0) is 8.43. The summed E-state index contributed by atoms with van der Waals surface area (Å²) in [4.78, 5) is 21.8. The van der Waals surface area contributed by atoms with E-state index in [0.717, 1.165) is 0 Å². The molecule has 0 spiro atoms. The largest absolute Gasteiger partial charge is 0.273 e. The van der Waals surface area contributed by atoms with Crippen molar-refractivity contribution in [1.82, 2.24) is 4.42 Å². The first-order valence-electron chi connectivity index (χ1n) is 3.30.